The third kappa shape index (κ3) is 2.79. The van der Waals surface area contributed by atoms with Crippen LogP contribution in [0.25, 0.3) is 0 Å². The van der Waals surface area contributed by atoms with Gasteiger partial charge in [-0.15, -0.1) is 0 Å². The third-order valence-electron chi connectivity index (χ3n) is 2.24. The SMILES string of the molecule is CC(Nc1cccc(Cl)c1N)C(=O)N(C)C. The smallest absolute Gasteiger partial charge is 0.244 e. The van der Waals surface area contributed by atoms with Crippen LogP contribution >= 0.6 is 11.6 Å². The number of likely N-dealkylation sites (N-methyl/N-ethyl adjacent to an activating group) is 1. The lowest BCUT2D eigenvalue weighted by molar-refractivity contribution is -0.129. The minimum absolute atomic E-state index is 0.0145. The molecule has 4 nitrogen and oxygen atoms in total. The van der Waals surface area contributed by atoms with Gasteiger partial charge in [0.15, 0.2) is 0 Å². The molecule has 0 bridgehead atoms. The summed E-state index contributed by atoms with van der Waals surface area (Å²) in [5.74, 6) is -0.0145. The van der Waals surface area contributed by atoms with Crippen LogP contribution in [0.1, 0.15) is 6.92 Å². The average Bonchev–Trinajstić information content (AvgIpc) is 2.23. The van der Waals surface area contributed by atoms with Gasteiger partial charge in [0.25, 0.3) is 0 Å². The summed E-state index contributed by atoms with van der Waals surface area (Å²) >= 11 is 5.88. The molecule has 88 valence electrons. The van der Waals surface area contributed by atoms with Gasteiger partial charge in [0.1, 0.15) is 6.04 Å². The van der Waals surface area contributed by atoms with E-state index in [1.54, 1.807) is 39.2 Å². The Hall–Kier alpha value is -1.42. The number of rotatable bonds is 3. The Morgan fingerprint density at radius 3 is 2.69 bits per heavy atom. The molecule has 0 aliphatic rings. The molecule has 0 heterocycles. The predicted octanol–water partition coefficient (Wildman–Crippen LogP) is 1.81. The van der Waals surface area contributed by atoms with E-state index in [0.717, 1.165) is 0 Å². The van der Waals surface area contributed by atoms with E-state index >= 15 is 0 Å². The zero-order valence-electron chi connectivity index (χ0n) is 9.62. The van der Waals surface area contributed by atoms with Crippen LogP contribution in [0.2, 0.25) is 5.02 Å². The topological polar surface area (TPSA) is 58.4 Å². The van der Waals surface area contributed by atoms with Crippen LogP contribution in [0.3, 0.4) is 0 Å². The Kier molecular flexibility index (Phi) is 4.01. The Morgan fingerprint density at radius 2 is 2.12 bits per heavy atom. The van der Waals surface area contributed by atoms with Crippen molar-refractivity contribution in [1.82, 2.24) is 4.90 Å². The number of carbonyl (C=O) groups excluding carboxylic acids is 1. The number of nitrogens with one attached hydrogen (secondary N) is 1. The van der Waals surface area contributed by atoms with Crippen molar-refractivity contribution in [3.63, 3.8) is 0 Å². The molecule has 1 amide bonds. The van der Waals surface area contributed by atoms with Crippen LogP contribution in [-0.4, -0.2) is 30.9 Å². The van der Waals surface area contributed by atoms with Crippen LogP contribution < -0.4 is 11.1 Å². The fourth-order valence-electron chi connectivity index (χ4n) is 1.35. The first-order valence-electron chi connectivity index (χ1n) is 4.95. The molecule has 0 aliphatic carbocycles. The molecule has 0 aromatic heterocycles. The van der Waals surface area contributed by atoms with Gasteiger partial charge in [-0.25, -0.2) is 0 Å². The monoisotopic (exact) mass is 241 g/mol. The van der Waals surface area contributed by atoms with E-state index in [9.17, 15) is 4.79 Å². The number of hydrogen-bond acceptors (Lipinski definition) is 3. The molecule has 1 atom stereocenters. The van der Waals surface area contributed by atoms with Gasteiger partial charge in [-0.1, -0.05) is 17.7 Å². The first-order chi connectivity index (χ1) is 7.43. The van der Waals surface area contributed by atoms with Crippen LogP contribution in [0, 0.1) is 0 Å². The van der Waals surface area contributed by atoms with E-state index in [1.807, 2.05) is 0 Å². The number of benzene rings is 1. The lowest BCUT2D eigenvalue weighted by Crippen LogP contribution is -2.36. The highest BCUT2D eigenvalue weighted by Crippen LogP contribution is 2.27. The molecule has 0 saturated carbocycles. The summed E-state index contributed by atoms with van der Waals surface area (Å²) < 4.78 is 0. The second-order valence-corrected chi connectivity index (χ2v) is 4.21. The summed E-state index contributed by atoms with van der Waals surface area (Å²) in [7, 11) is 3.42. The Labute approximate surface area is 100 Å². The molecule has 0 fully saturated rings. The summed E-state index contributed by atoms with van der Waals surface area (Å²) in [6.07, 6.45) is 0. The second-order valence-electron chi connectivity index (χ2n) is 3.80. The number of nitrogens with two attached hydrogens (primary N) is 1. The van der Waals surface area contributed by atoms with Crippen LogP contribution in [0.5, 0.6) is 0 Å². The maximum absolute atomic E-state index is 11.6. The van der Waals surface area contributed by atoms with Crippen LogP contribution in [-0.2, 0) is 4.79 Å². The number of nitrogens with zero attached hydrogens (tertiary/aromatic N) is 1. The van der Waals surface area contributed by atoms with Crippen molar-refractivity contribution >= 4 is 28.9 Å². The van der Waals surface area contributed by atoms with Crippen LogP contribution in [0.15, 0.2) is 18.2 Å². The number of carbonyl (C=O) groups is 1. The van der Waals surface area contributed by atoms with Gasteiger partial charge in [-0.3, -0.25) is 4.79 Å². The Morgan fingerprint density at radius 1 is 1.50 bits per heavy atom. The highest BCUT2D eigenvalue weighted by atomic mass is 35.5. The second kappa shape index (κ2) is 5.07. The summed E-state index contributed by atoms with van der Waals surface area (Å²) in [6, 6.07) is 4.95. The van der Waals surface area contributed by atoms with Crippen molar-refractivity contribution in [3.05, 3.63) is 23.2 Å². The molecule has 1 rings (SSSR count). The highest BCUT2D eigenvalue weighted by Gasteiger charge is 2.15. The van der Waals surface area contributed by atoms with Gasteiger partial charge in [-0.2, -0.15) is 0 Å². The predicted molar refractivity (Wildman–Crippen MR) is 67.6 cm³/mol. The van der Waals surface area contributed by atoms with Gasteiger partial charge in [0.05, 0.1) is 16.4 Å². The maximum Gasteiger partial charge on any atom is 0.244 e. The van der Waals surface area contributed by atoms with Gasteiger partial charge < -0.3 is 16.0 Å². The number of nitrogen functional groups attached to an aromatic ring is 1. The molecule has 16 heavy (non-hydrogen) atoms. The molecule has 1 aromatic rings. The lowest BCUT2D eigenvalue weighted by atomic mass is 10.2. The molecular weight excluding hydrogens is 226 g/mol. The van der Waals surface area contributed by atoms with Crippen molar-refractivity contribution in [2.75, 3.05) is 25.1 Å². The van der Waals surface area contributed by atoms with E-state index in [0.29, 0.717) is 16.4 Å². The van der Waals surface area contributed by atoms with Gasteiger partial charge >= 0.3 is 0 Å². The normalized spacial score (nSPS) is 12.0. The first-order valence-corrected chi connectivity index (χ1v) is 5.33. The summed E-state index contributed by atoms with van der Waals surface area (Å²) in [4.78, 5) is 13.2. The quantitative estimate of drug-likeness (QED) is 0.794. The fourth-order valence-corrected chi connectivity index (χ4v) is 1.52. The van der Waals surface area contributed by atoms with E-state index < -0.39 is 0 Å². The number of hydrogen-bond donors (Lipinski definition) is 2. The number of para-hydroxylation sites is 1. The number of halogens is 1. The van der Waals surface area contributed by atoms with E-state index in [-0.39, 0.29) is 11.9 Å². The zero-order chi connectivity index (χ0) is 12.3. The van der Waals surface area contributed by atoms with Gasteiger partial charge in [0.2, 0.25) is 5.91 Å². The minimum atomic E-state index is -0.337. The maximum atomic E-state index is 11.6. The third-order valence-corrected chi connectivity index (χ3v) is 2.57. The Bertz CT molecular complexity index is 393. The molecule has 0 spiro atoms. The van der Waals surface area contributed by atoms with Crippen molar-refractivity contribution in [2.45, 2.75) is 13.0 Å². The average molecular weight is 242 g/mol. The molecule has 5 heteroatoms. The van der Waals surface area contributed by atoms with Crippen LogP contribution in [0.4, 0.5) is 11.4 Å². The van der Waals surface area contributed by atoms with Crippen molar-refractivity contribution in [3.8, 4) is 0 Å². The summed E-state index contributed by atoms with van der Waals surface area (Å²) in [5, 5.41) is 3.51. The molecule has 3 N–H and O–H groups in total. The van der Waals surface area contributed by atoms with Gasteiger partial charge in [-0.05, 0) is 19.1 Å². The van der Waals surface area contributed by atoms with Gasteiger partial charge in [0, 0.05) is 14.1 Å². The largest absolute Gasteiger partial charge is 0.396 e. The summed E-state index contributed by atoms with van der Waals surface area (Å²) in [6.45, 7) is 1.78. The molecule has 0 radical (unpaired) electrons. The molecular formula is C11H16ClN3O. The number of anilines is 2. The number of amides is 1. The standard InChI is InChI=1S/C11H16ClN3O/c1-7(11(16)15(2)3)14-9-6-4-5-8(12)10(9)13/h4-7,14H,13H2,1-3H3. The van der Waals surface area contributed by atoms with Crippen molar-refractivity contribution in [2.24, 2.45) is 0 Å². The molecule has 0 saturated heterocycles. The van der Waals surface area contributed by atoms with E-state index in [2.05, 4.69) is 5.32 Å². The Balaban J connectivity index is 2.81. The first kappa shape index (κ1) is 12.6. The fraction of sp³-hybridized carbons (Fsp3) is 0.364. The van der Waals surface area contributed by atoms with E-state index in [1.165, 1.54) is 4.90 Å². The zero-order valence-corrected chi connectivity index (χ0v) is 10.4. The summed E-state index contributed by atoms with van der Waals surface area (Å²) in [5.41, 5.74) is 6.92. The van der Waals surface area contributed by atoms with E-state index in [4.69, 9.17) is 17.3 Å². The lowest BCUT2D eigenvalue weighted by Gasteiger charge is -2.20. The molecule has 1 aromatic carbocycles. The molecule has 1 unspecified atom stereocenters. The van der Waals surface area contributed by atoms with Crippen molar-refractivity contribution in [1.29, 1.82) is 0 Å². The minimum Gasteiger partial charge on any atom is -0.396 e. The highest BCUT2D eigenvalue weighted by molar-refractivity contribution is 6.33. The molecule has 0 aliphatic heterocycles. The van der Waals surface area contributed by atoms with Crippen molar-refractivity contribution < 1.29 is 4.79 Å².